The fourth-order valence-corrected chi connectivity index (χ4v) is 1.05. The first-order valence-electron chi connectivity index (χ1n) is 4.09. The Labute approximate surface area is 72.6 Å². The van der Waals surface area contributed by atoms with E-state index in [4.69, 9.17) is 4.74 Å². The highest BCUT2D eigenvalue weighted by atomic mass is 16.5. The van der Waals surface area contributed by atoms with Crippen LogP contribution in [0.25, 0.3) is 0 Å². The molecule has 0 aliphatic carbocycles. The van der Waals surface area contributed by atoms with Gasteiger partial charge < -0.3 is 9.30 Å². The van der Waals surface area contributed by atoms with Crippen molar-refractivity contribution >= 4 is 0 Å². The Kier molecular flexibility index (Phi) is 2.81. The summed E-state index contributed by atoms with van der Waals surface area (Å²) in [6, 6.07) is 0.382. The third-order valence-electron chi connectivity index (χ3n) is 1.87. The summed E-state index contributed by atoms with van der Waals surface area (Å²) in [6.07, 6.45) is 1.74. The largest absolute Gasteiger partial charge is 0.374 e. The van der Waals surface area contributed by atoms with E-state index in [2.05, 4.69) is 24.0 Å². The molecule has 0 bridgehead atoms. The van der Waals surface area contributed by atoms with Gasteiger partial charge in [0.15, 0.2) is 5.82 Å². The SMILES string of the molecule is COC(C)c1nncn1C(C)C. The van der Waals surface area contributed by atoms with Crippen molar-refractivity contribution in [1.29, 1.82) is 0 Å². The van der Waals surface area contributed by atoms with Crippen LogP contribution in [0.1, 0.15) is 38.7 Å². The van der Waals surface area contributed by atoms with E-state index in [0.29, 0.717) is 6.04 Å². The second-order valence-electron chi connectivity index (χ2n) is 3.07. The van der Waals surface area contributed by atoms with Crippen molar-refractivity contribution in [2.75, 3.05) is 7.11 Å². The zero-order chi connectivity index (χ0) is 9.14. The van der Waals surface area contributed by atoms with Crippen molar-refractivity contribution in [3.05, 3.63) is 12.2 Å². The molecule has 0 fully saturated rings. The smallest absolute Gasteiger partial charge is 0.161 e. The molecule has 12 heavy (non-hydrogen) atoms. The number of rotatable bonds is 3. The van der Waals surface area contributed by atoms with Crippen LogP contribution in [0.5, 0.6) is 0 Å². The molecule has 0 amide bonds. The molecule has 68 valence electrons. The first kappa shape index (κ1) is 9.19. The van der Waals surface area contributed by atoms with Gasteiger partial charge in [0.25, 0.3) is 0 Å². The van der Waals surface area contributed by atoms with Crippen LogP contribution in [-0.2, 0) is 4.74 Å². The molecule has 1 aromatic rings. The van der Waals surface area contributed by atoms with Crippen molar-refractivity contribution in [3.8, 4) is 0 Å². The molecule has 1 atom stereocenters. The lowest BCUT2D eigenvalue weighted by atomic mass is 10.3. The summed E-state index contributed by atoms with van der Waals surface area (Å²) in [6.45, 7) is 6.15. The van der Waals surface area contributed by atoms with Crippen LogP contribution in [0.4, 0.5) is 0 Å². The van der Waals surface area contributed by atoms with Crippen molar-refractivity contribution in [2.45, 2.75) is 32.9 Å². The topological polar surface area (TPSA) is 39.9 Å². The average Bonchev–Trinajstić information content (AvgIpc) is 2.50. The summed E-state index contributed by atoms with van der Waals surface area (Å²) in [5, 5.41) is 7.84. The summed E-state index contributed by atoms with van der Waals surface area (Å²) >= 11 is 0. The number of aromatic nitrogens is 3. The van der Waals surface area contributed by atoms with Crippen molar-refractivity contribution in [3.63, 3.8) is 0 Å². The summed E-state index contributed by atoms with van der Waals surface area (Å²) < 4.78 is 7.17. The monoisotopic (exact) mass is 169 g/mol. The number of hydrogen-bond acceptors (Lipinski definition) is 3. The summed E-state index contributed by atoms with van der Waals surface area (Å²) in [7, 11) is 1.67. The molecule has 0 aliphatic rings. The van der Waals surface area contributed by atoms with E-state index in [0.717, 1.165) is 5.82 Å². The third kappa shape index (κ3) is 1.64. The predicted molar refractivity (Wildman–Crippen MR) is 45.8 cm³/mol. The first-order valence-corrected chi connectivity index (χ1v) is 4.09. The lowest BCUT2D eigenvalue weighted by Gasteiger charge is -2.13. The van der Waals surface area contributed by atoms with Gasteiger partial charge in [-0.15, -0.1) is 10.2 Å². The fraction of sp³-hybridized carbons (Fsp3) is 0.750. The summed E-state index contributed by atoms with van der Waals surface area (Å²) in [5.41, 5.74) is 0. The fourth-order valence-electron chi connectivity index (χ4n) is 1.05. The van der Waals surface area contributed by atoms with Gasteiger partial charge in [-0.05, 0) is 20.8 Å². The summed E-state index contributed by atoms with van der Waals surface area (Å²) in [4.78, 5) is 0. The van der Waals surface area contributed by atoms with Gasteiger partial charge in [-0.1, -0.05) is 0 Å². The Balaban J connectivity index is 2.91. The molecule has 4 nitrogen and oxygen atoms in total. The minimum absolute atomic E-state index is 0.00917. The molecular formula is C8H15N3O. The molecule has 1 unspecified atom stereocenters. The Hall–Kier alpha value is -0.900. The molecule has 1 rings (SSSR count). The van der Waals surface area contributed by atoms with Gasteiger partial charge in [0.1, 0.15) is 12.4 Å². The highest BCUT2D eigenvalue weighted by molar-refractivity contribution is 4.91. The Morgan fingerprint density at radius 2 is 2.08 bits per heavy atom. The first-order chi connectivity index (χ1) is 5.66. The van der Waals surface area contributed by atoms with Crippen molar-refractivity contribution in [1.82, 2.24) is 14.8 Å². The van der Waals surface area contributed by atoms with E-state index in [1.54, 1.807) is 13.4 Å². The zero-order valence-electron chi connectivity index (χ0n) is 7.98. The van der Waals surface area contributed by atoms with E-state index in [-0.39, 0.29) is 6.10 Å². The van der Waals surface area contributed by atoms with Crippen LogP contribution in [-0.4, -0.2) is 21.9 Å². The van der Waals surface area contributed by atoms with Crippen LogP contribution in [0, 0.1) is 0 Å². The molecule has 0 radical (unpaired) electrons. The number of methoxy groups -OCH3 is 1. The Morgan fingerprint density at radius 1 is 1.42 bits per heavy atom. The standard InChI is InChI=1S/C8H15N3O/c1-6(2)11-5-9-10-8(11)7(3)12-4/h5-7H,1-4H3. The van der Waals surface area contributed by atoms with E-state index in [1.807, 2.05) is 11.5 Å². The molecule has 0 N–H and O–H groups in total. The van der Waals surface area contributed by atoms with Crippen molar-refractivity contribution in [2.24, 2.45) is 0 Å². The van der Waals surface area contributed by atoms with Gasteiger partial charge in [-0.25, -0.2) is 0 Å². The molecule has 0 aliphatic heterocycles. The van der Waals surface area contributed by atoms with E-state index < -0.39 is 0 Å². The number of hydrogen-bond donors (Lipinski definition) is 0. The highest BCUT2D eigenvalue weighted by Gasteiger charge is 2.13. The van der Waals surface area contributed by atoms with Gasteiger partial charge in [0.2, 0.25) is 0 Å². The van der Waals surface area contributed by atoms with Crippen LogP contribution in [0.2, 0.25) is 0 Å². The Morgan fingerprint density at radius 3 is 2.58 bits per heavy atom. The van der Waals surface area contributed by atoms with Crippen molar-refractivity contribution < 1.29 is 4.74 Å². The molecule has 1 aromatic heterocycles. The number of nitrogens with zero attached hydrogens (tertiary/aromatic N) is 3. The van der Waals surface area contributed by atoms with Crippen LogP contribution >= 0.6 is 0 Å². The number of ether oxygens (including phenoxy) is 1. The molecule has 1 heterocycles. The minimum Gasteiger partial charge on any atom is -0.374 e. The lowest BCUT2D eigenvalue weighted by molar-refractivity contribution is 0.107. The van der Waals surface area contributed by atoms with Gasteiger partial charge >= 0.3 is 0 Å². The van der Waals surface area contributed by atoms with Gasteiger partial charge in [-0.3, -0.25) is 0 Å². The molecule has 0 aromatic carbocycles. The molecule has 0 saturated heterocycles. The van der Waals surface area contributed by atoms with Gasteiger partial charge in [0, 0.05) is 13.2 Å². The Bertz CT molecular complexity index is 244. The lowest BCUT2D eigenvalue weighted by Crippen LogP contribution is -2.09. The molecule has 4 heteroatoms. The minimum atomic E-state index is 0.00917. The van der Waals surface area contributed by atoms with Gasteiger partial charge in [0.05, 0.1) is 0 Å². The van der Waals surface area contributed by atoms with Gasteiger partial charge in [-0.2, -0.15) is 0 Å². The quantitative estimate of drug-likeness (QED) is 0.689. The van der Waals surface area contributed by atoms with Crippen LogP contribution in [0.15, 0.2) is 6.33 Å². The van der Waals surface area contributed by atoms with Crippen LogP contribution in [0.3, 0.4) is 0 Å². The summed E-state index contributed by atoms with van der Waals surface area (Å²) in [5.74, 6) is 0.882. The predicted octanol–water partition coefficient (Wildman–Crippen LogP) is 1.57. The molecular weight excluding hydrogens is 154 g/mol. The molecule has 0 spiro atoms. The second kappa shape index (κ2) is 3.67. The maximum atomic E-state index is 5.16. The second-order valence-corrected chi connectivity index (χ2v) is 3.07. The van der Waals surface area contributed by atoms with E-state index in [9.17, 15) is 0 Å². The van der Waals surface area contributed by atoms with E-state index in [1.165, 1.54) is 0 Å². The normalized spacial score (nSPS) is 13.8. The molecule has 0 saturated carbocycles. The average molecular weight is 169 g/mol. The zero-order valence-corrected chi connectivity index (χ0v) is 7.98. The van der Waals surface area contributed by atoms with E-state index >= 15 is 0 Å². The van der Waals surface area contributed by atoms with Crippen LogP contribution < -0.4 is 0 Å². The maximum Gasteiger partial charge on any atom is 0.161 e. The maximum absolute atomic E-state index is 5.16. The highest BCUT2D eigenvalue weighted by Crippen LogP contribution is 2.16. The third-order valence-corrected chi connectivity index (χ3v) is 1.87.